The van der Waals surface area contributed by atoms with Gasteiger partial charge in [-0.2, -0.15) is 26.7 Å². The molecule has 0 fully saturated rings. The molecule has 0 amide bonds. The largest absolute Gasteiger partial charge is 0.416 e. The molecule has 0 radical (unpaired) electrons. The first-order valence-electron chi connectivity index (χ1n) is 8.51. The molecule has 0 spiro atoms. The summed E-state index contributed by atoms with van der Waals surface area (Å²) in [5.41, 5.74) is -0.925. The van der Waals surface area contributed by atoms with E-state index in [0.29, 0.717) is 19.6 Å². The third-order valence-electron chi connectivity index (χ3n) is 4.31. The molecule has 1 aromatic heterocycles. The number of halogens is 3. The molecule has 0 saturated carbocycles. The molecule has 0 bridgehead atoms. The summed E-state index contributed by atoms with van der Waals surface area (Å²) < 4.78 is 67.8. The number of sulfonamides is 1. The zero-order chi connectivity index (χ0) is 20.2. The molecule has 10 heteroatoms. The lowest BCUT2D eigenvalue weighted by molar-refractivity contribution is -0.137. The number of nitrogens with zero attached hydrogens (tertiary/aromatic N) is 4. The molecule has 0 saturated heterocycles. The molecule has 150 valence electrons. The van der Waals surface area contributed by atoms with E-state index in [9.17, 15) is 21.6 Å². The third kappa shape index (κ3) is 4.81. The van der Waals surface area contributed by atoms with Crippen molar-refractivity contribution in [2.24, 2.45) is 7.05 Å². The zero-order valence-corrected chi connectivity index (χ0v) is 16.3. The summed E-state index contributed by atoms with van der Waals surface area (Å²) in [4.78, 5) is 2.00. The highest BCUT2D eigenvalue weighted by molar-refractivity contribution is 7.92. The highest BCUT2D eigenvalue weighted by Gasteiger charge is 2.33. The molecule has 2 aromatic rings. The number of hydrogen-bond donors (Lipinski definition) is 0. The summed E-state index contributed by atoms with van der Waals surface area (Å²) in [6, 6.07) is 5.68. The Labute approximate surface area is 157 Å². The summed E-state index contributed by atoms with van der Waals surface area (Å²) >= 11 is 0. The van der Waals surface area contributed by atoms with Gasteiger partial charge < -0.3 is 4.90 Å². The van der Waals surface area contributed by atoms with E-state index in [1.165, 1.54) is 36.1 Å². The van der Waals surface area contributed by atoms with Crippen molar-refractivity contribution in [2.75, 3.05) is 30.5 Å². The quantitative estimate of drug-likeness (QED) is 0.679. The molecule has 0 atom stereocenters. The van der Waals surface area contributed by atoms with E-state index in [2.05, 4.69) is 5.10 Å². The highest BCUT2D eigenvalue weighted by atomic mass is 32.2. The van der Waals surface area contributed by atoms with E-state index in [1.807, 2.05) is 18.7 Å². The fourth-order valence-corrected chi connectivity index (χ4v) is 4.28. The van der Waals surface area contributed by atoms with Crippen molar-refractivity contribution in [3.8, 4) is 0 Å². The van der Waals surface area contributed by atoms with Crippen LogP contribution >= 0.6 is 0 Å². The highest BCUT2D eigenvalue weighted by Crippen LogP contribution is 2.33. The number of hydrogen-bond acceptors (Lipinski definition) is 4. The Morgan fingerprint density at radius 2 is 1.78 bits per heavy atom. The number of aromatic nitrogens is 2. The Kier molecular flexibility index (Phi) is 6.53. The van der Waals surface area contributed by atoms with Crippen molar-refractivity contribution in [2.45, 2.75) is 25.0 Å². The Hall–Kier alpha value is -2.07. The van der Waals surface area contributed by atoms with Gasteiger partial charge >= 0.3 is 6.18 Å². The summed E-state index contributed by atoms with van der Waals surface area (Å²) in [5.74, 6) is 0. The second kappa shape index (κ2) is 8.30. The molecule has 27 heavy (non-hydrogen) atoms. The van der Waals surface area contributed by atoms with Gasteiger partial charge in [-0.3, -0.25) is 8.99 Å². The number of anilines is 1. The number of likely N-dealkylation sites (N-methyl/N-ethyl adjacent to an activating group) is 1. The lowest BCUT2D eigenvalue weighted by Crippen LogP contribution is -2.39. The van der Waals surface area contributed by atoms with Gasteiger partial charge in [-0.1, -0.05) is 19.9 Å². The van der Waals surface area contributed by atoms with Crippen LogP contribution in [-0.4, -0.2) is 49.3 Å². The Morgan fingerprint density at radius 3 is 2.30 bits per heavy atom. The van der Waals surface area contributed by atoms with Crippen LogP contribution in [0.15, 0.2) is 41.6 Å². The van der Waals surface area contributed by atoms with E-state index in [-0.39, 0.29) is 17.3 Å². The summed E-state index contributed by atoms with van der Waals surface area (Å²) in [6.45, 7) is 5.70. The van der Waals surface area contributed by atoms with E-state index in [4.69, 9.17) is 0 Å². The Balaban J connectivity index is 2.49. The van der Waals surface area contributed by atoms with Crippen molar-refractivity contribution in [1.29, 1.82) is 0 Å². The van der Waals surface area contributed by atoms with Gasteiger partial charge in [0.25, 0.3) is 10.0 Å². The van der Waals surface area contributed by atoms with Crippen LogP contribution in [0.4, 0.5) is 18.9 Å². The summed E-state index contributed by atoms with van der Waals surface area (Å²) in [7, 11) is -2.60. The van der Waals surface area contributed by atoms with Crippen LogP contribution in [0.5, 0.6) is 0 Å². The van der Waals surface area contributed by atoms with Gasteiger partial charge in [0.2, 0.25) is 0 Å². The van der Waals surface area contributed by atoms with Gasteiger partial charge in [-0.05, 0) is 37.4 Å². The SMILES string of the molecule is CCN(CC)CCN(c1cccc(C(F)(F)F)c1)S(=O)(=O)c1ccnn1C. The summed E-state index contributed by atoms with van der Waals surface area (Å²) in [5, 5.41) is 3.78. The maximum atomic E-state index is 13.1. The first-order chi connectivity index (χ1) is 12.6. The van der Waals surface area contributed by atoms with Crippen LogP contribution < -0.4 is 4.31 Å². The molecule has 6 nitrogen and oxygen atoms in total. The van der Waals surface area contributed by atoms with Crippen LogP contribution in [0.2, 0.25) is 0 Å². The van der Waals surface area contributed by atoms with E-state index in [1.54, 1.807) is 0 Å². The Bertz CT molecular complexity index is 861. The van der Waals surface area contributed by atoms with E-state index < -0.39 is 21.8 Å². The molecular weight excluding hydrogens is 381 g/mol. The minimum Gasteiger partial charge on any atom is -0.302 e. The predicted octanol–water partition coefficient (Wildman–Crippen LogP) is 2.98. The van der Waals surface area contributed by atoms with Crippen molar-refractivity contribution in [1.82, 2.24) is 14.7 Å². The molecule has 0 aliphatic carbocycles. The van der Waals surface area contributed by atoms with Crippen LogP contribution in [0.25, 0.3) is 0 Å². The molecule has 0 unspecified atom stereocenters. The first kappa shape index (κ1) is 21.2. The monoisotopic (exact) mass is 404 g/mol. The average Bonchev–Trinajstić information content (AvgIpc) is 3.05. The number of rotatable bonds is 8. The normalized spacial score (nSPS) is 12.6. The lowest BCUT2D eigenvalue weighted by atomic mass is 10.2. The topological polar surface area (TPSA) is 58.4 Å². The van der Waals surface area contributed by atoms with Crippen molar-refractivity contribution in [3.05, 3.63) is 42.1 Å². The number of benzene rings is 1. The number of aryl methyl sites for hydroxylation is 1. The van der Waals surface area contributed by atoms with Gasteiger partial charge in [-0.15, -0.1) is 0 Å². The predicted molar refractivity (Wildman–Crippen MR) is 97.0 cm³/mol. The minimum atomic E-state index is -4.56. The summed E-state index contributed by atoms with van der Waals surface area (Å²) in [6.07, 6.45) is -3.22. The second-order valence-corrected chi connectivity index (χ2v) is 7.75. The lowest BCUT2D eigenvalue weighted by Gasteiger charge is -2.28. The fourth-order valence-electron chi connectivity index (χ4n) is 2.73. The molecule has 2 rings (SSSR count). The standard InChI is InChI=1S/C17H23F3N4O2S/c1-4-23(5-2)11-12-24(27(25,26)16-9-10-21-22(16)3)15-8-6-7-14(13-15)17(18,19)20/h6-10,13H,4-5,11-12H2,1-3H3. The second-order valence-electron chi connectivity index (χ2n) is 5.95. The van der Waals surface area contributed by atoms with Gasteiger partial charge in [0.1, 0.15) is 0 Å². The van der Waals surface area contributed by atoms with E-state index in [0.717, 1.165) is 16.4 Å². The van der Waals surface area contributed by atoms with Gasteiger partial charge in [0.15, 0.2) is 5.03 Å². The Morgan fingerprint density at radius 1 is 1.11 bits per heavy atom. The smallest absolute Gasteiger partial charge is 0.302 e. The van der Waals surface area contributed by atoms with Crippen molar-refractivity contribution < 1.29 is 21.6 Å². The maximum Gasteiger partial charge on any atom is 0.416 e. The van der Waals surface area contributed by atoms with E-state index >= 15 is 0 Å². The van der Waals surface area contributed by atoms with Crippen molar-refractivity contribution in [3.63, 3.8) is 0 Å². The molecule has 1 aromatic carbocycles. The van der Waals surface area contributed by atoms with Crippen LogP contribution in [-0.2, 0) is 23.2 Å². The average molecular weight is 404 g/mol. The zero-order valence-electron chi connectivity index (χ0n) is 15.4. The molecule has 0 aliphatic heterocycles. The minimum absolute atomic E-state index is 0.0243. The third-order valence-corrected chi connectivity index (χ3v) is 6.21. The number of alkyl halides is 3. The molecular formula is C17H23F3N4O2S. The van der Waals surface area contributed by atoms with Crippen LogP contribution in [0.3, 0.4) is 0 Å². The molecule has 1 heterocycles. The first-order valence-corrected chi connectivity index (χ1v) is 9.95. The van der Waals surface area contributed by atoms with Gasteiger partial charge in [0, 0.05) is 20.1 Å². The van der Waals surface area contributed by atoms with Crippen LogP contribution in [0.1, 0.15) is 19.4 Å². The van der Waals surface area contributed by atoms with Gasteiger partial charge in [0.05, 0.1) is 17.4 Å². The molecule has 0 aliphatic rings. The fraction of sp³-hybridized carbons (Fsp3) is 0.471. The van der Waals surface area contributed by atoms with Gasteiger partial charge in [-0.25, -0.2) is 0 Å². The molecule has 0 N–H and O–H groups in total. The maximum absolute atomic E-state index is 13.1. The van der Waals surface area contributed by atoms with Crippen molar-refractivity contribution >= 4 is 15.7 Å². The van der Waals surface area contributed by atoms with Crippen LogP contribution in [0, 0.1) is 0 Å².